The molecule has 0 radical (unpaired) electrons. The number of benzene rings is 1. The van der Waals surface area contributed by atoms with E-state index in [1.54, 1.807) is 23.4 Å². The first-order valence-corrected chi connectivity index (χ1v) is 11.2. The van der Waals surface area contributed by atoms with Crippen molar-refractivity contribution < 1.29 is 18.0 Å². The van der Waals surface area contributed by atoms with Crippen LogP contribution in [0.15, 0.2) is 48.8 Å². The van der Waals surface area contributed by atoms with E-state index in [-0.39, 0.29) is 17.9 Å². The molecule has 2 aliphatic rings. The lowest BCUT2D eigenvalue weighted by atomic mass is 9.86. The van der Waals surface area contributed by atoms with Crippen LogP contribution >= 0.6 is 0 Å². The van der Waals surface area contributed by atoms with Gasteiger partial charge >= 0.3 is 6.18 Å². The fourth-order valence-electron chi connectivity index (χ4n) is 4.79. The number of anilines is 1. The normalized spacial score (nSPS) is 19.7. The fourth-order valence-corrected chi connectivity index (χ4v) is 4.79. The van der Waals surface area contributed by atoms with Gasteiger partial charge in [0.15, 0.2) is 5.82 Å². The number of halogens is 3. The van der Waals surface area contributed by atoms with Crippen molar-refractivity contribution in [3.05, 3.63) is 71.2 Å². The number of rotatable bonds is 3. The Morgan fingerprint density at radius 1 is 1.15 bits per heavy atom. The molecule has 0 saturated carbocycles. The monoisotopic (exact) mass is 467 g/mol. The SMILES string of the molecule is Cc1nc2c(cc1-c1ncccn1)CC[C@@]1(CCN(C(=O)Cc3ccc(C(F)(F)F)cc3)C1)N2. The molecule has 1 atom stereocenters. The van der Waals surface area contributed by atoms with E-state index in [4.69, 9.17) is 4.98 Å². The molecule has 1 spiro atoms. The highest BCUT2D eigenvalue weighted by molar-refractivity contribution is 5.79. The lowest BCUT2D eigenvalue weighted by molar-refractivity contribution is -0.137. The third-order valence-corrected chi connectivity index (χ3v) is 6.70. The molecule has 5 rings (SSSR count). The summed E-state index contributed by atoms with van der Waals surface area (Å²) in [5.41, 5.74) is 2.48. The molecular weight excluding hydrogens is 443 g/mol. The number of hydrogen-bond acceptors (Lipinski definition) is 5. The van der Waals surface area contributed by atoms with E-state index in [9.17, 15) is 18.0 Å². The van der Waals surface area contributed by atoms with E-state index in [0.29, 0.717) is 24.5 Å². The number of fused-ring (bicyclic) bond motifs is 1. The lowest BCUT2D eigenvalue weighted by Gasteiger charge is -2.36. The van der Waals surface area contributed by atoms with E-state index < -0.39 is 11.7 Å². The molecule has 4 heterocycles. The molecule has 0 unspecified atom stereocenters. The summed E-state index contributed by atoms with van der Waals surface area (Å²) in [6.45, 7) is 3.09. The first-order valence-electron chi connectivity index (χ1n) is 11.2. The summed E-state index contributed by atoms with van der Waals surface area (Å²) in [4.78, 5) is 28.1. The van der Waals surface area contributed by atoms with E-state index in [1.807, 2.05) is 6.92 Å². The number of aromatic nitrogens is 3. The number of nitrogens with one attached hydrogen (secondary N) is 1. The zero-order valence-electron chi connectivity index (χ0n) is 18.7. The first kappa shape index (κ1) is 22.3. The van der Waals surface area contributed by atoms with Crippen molar-refractivity contribution in [2.24, 2.45) is 0 Å². The maximum Gasteiger partial charge on any atom is 0.416 e. The highest BCUT2D eigenvalue weighted by Gasteiger charge is 2.42. The van der Waals surface area contributed by atoms with E-state index >= 15 is 0 Å². The molecule has 1 amide bonds. The van der Waals surface area contributed by atoms with E-state index in [0.717, 1.165) is 54.0 Å². The van der Waals surface area contributed by atoms with Gasteiger partial charge in [-0.3, -0.25) is 4.79 Å². The zero-order chi connectivity index (χ0) is 23.9. The highest BCUT2D eigenvalue weighted by atomic mass is 19.4. The molecule has 1 saturated heterocycles. The number of likely N-dealkylation sites (tertiary alicyclic amines) is 1. The molecule has 2 aromatic heterocycles. The topological polar surface area (TPSA) is 71.0 Å². The summed E-state index contributed by atoms with van der Waals surface area (Å²) in [6, 6.07) is 8.67. The van der Waals surface area contributed by atoms with Crippen LogP contribution in [0.2, 0.25) is 0 Å². The average molecular weight is 467 g/mol. The Labute approximate surface area is 195 Å². The van der Waals surface area contributed by atoms with Crippen LogP contribution in [-0.2, 0) is 23.8 Å². The summed E-state index contributed by atoms with van der Waals surface area (Å²) in [5.74, 6) is 1.40. The van der Waals surface area contributed by atoms with Gasteiger partial charge < -0.3 is 10.2 Å². The molecule has 2 aliphatic heterocycles. The first-order chi connectivity index (χ1) is 16.2. The Hall–Kier alpha value is -3.49. The fraction of sp³-hybridized carbons (Fsp3) is 0.360. The Morgan fingerprint density at radius 2 is 1.88 bits per heavy atom. The zero-order valence-corrected chi connectivity index (χ0v) is 18.7. The molecular formula is C25H24F3N5O. The summed E-state index contributed by atoms with van der Waals surface area (Å²) in [5, 5.41) is 3.59. The molecule has 176 valence electrons. The van der Waals surface area contributed by atoms with Crippen LogP contribution in [-0.4, -0.2) is 44.4 Å². The Bertz CT molecular complexity index is 1210. The minimum absolute atomic E-state index is 0.0788. The second kappa shape index (κ2) is 8.38. The standard InChI is InChI=1S/C25H24F3N5O/c1-16-20(23-29-10-2-11-30-23)14-18-7-8-24(32-22(18)31-16)9-12-33(15-24)21(34)13-17-3-5-19(6-4-17)25(26,27)28/h2-6,10-11,14H,7-9,12-13,15H2,1H3,(H,31,32)/t24-/m0/s1. The minimum Gasteiger partial charge on any atom is -0.363 e. The molecule has 34 heavy (non-hydrogen) atoms. The number of alkyl halides is 3. The van der Waals surface area contributed by atoms with Crippen molar-refractivity contribution in [1.29, 1.82) is 0 Å². The predicted molar refractivity (Wildman–Crippen MR) is 121 cm³/mol. The third kappa shape index (κ3) is 4.34. The van der Waals surface area contributed by atoms with Gasteiger partial charge in [-0.1, -0.05) is 12.1 Å². The smallest absolute Gasteiger partial charge is 0.363 e. The van der Waals surface area contributed by atoms with Gasteiger partial charge in [0.25, 0.3) is 0 Å². The molecule has 1 fully saturated rings. The van der Waals surface area contributed by atoms with Crippen molar-refractivity contribution >= 4 is 11.7 Å². The number of amides is 1. The quantitative estimate of drug-likeness (QED) is 0.617. The van der Waals surface area contributed by atoms with E-state index in [1.165, 1.54) is 12.1 Å². The van der Waals surface area contributed by atoms with Gasteiger partial charge in [0.1, 0.15) is 5.82 Å². The van der Waals surface area contributed by atoms with Crippen LogP contribution in [0.25, 0.3) is 11.4 Å². The summed E-state index contributed by atoms with van der Waals surface area (Å²) in [6.07, 6.45) is 1.62. The summed E-state index contributed by atoms with van der Waals surface area (Å²) >= 11 is 0. The highest BCUT2D eigenvalue weighted by Crippen LogP contribution is 2.38. The van der Waals surface area contributed by atoms with Gasteiger partial charge in [-0.2, -0.15) is 13.2 Å². The number of carbonyl (C=O) groups excluding carboxylic acids is 1. The maximum absolute atomic E-state index is 12.9. The van der Waals surface area contributed by atoms with Crippen molar-refractivity contribution in [2.75, 3.05) is 18.4 Å². The Balaban J connectivity index is 1.27. The number of aryl methyl sites for hydroxylation is 2. The van der Waals surface area contributed by atoms with Gasteiger partial charge in [0.2, 0.25) is 5.91 Å². The molecule has 0 aliphatic carbocycles. The van der Waals surface area contributed by atoms with Crippen LogP contribution in [0.3, 0.4) is 0 Å². The van der Waals surface area contributed by atoms with Gasteiger partial charge in [-0.25, -0.2) is 15.0 Å². The largest absolute Gasteiger partial charge is 0.416 e. The van der Waals surface area contributed by atoms with Crippen LogP contribution in [0.5, 0.6) is 0 Å². The second-order valence-electron chi connectivity index (χ2n) is 9.04. The van der Waals surface area contributed by atoms with Gasteiger partial charge in [0, 0.05) is 31.0 Å². The van der Waals surface area contributed by atoms with Crippen LogP contribution in [0.1, 0.15) is 35.2 Å². The van der Waals surface area contributed by atoms with Crippen LogP contribution in [0, 0.1) is 6.92 Å². The number of nitrogens with zero attached hydrogens (tertiary/aromatic N) is 4. The molecule has 1 N–H and O–H groups in total. The van der Waals surface area contributed by atoms with Gasteiger partial charge in [0.05, 0.1) is 23.2 Å². The third-order valence-electron chi connectivity index (χ3n) is 6.70. The Kier molecular flexibility index (Phi) is 5.50. The number of hydrogen-bond donors (Lipinski definition) is 1. The summed E-state index contributed by atoms with van der Waals surface area (Å²) in [7, 11) is 0. The lowest BCUT2D eigenvalue weighted by Crippen LogP contribution is -2.45. The maximum atomic E-state index is 12.9. The molecule has 0 bridgehead atoms. The molecule has 3 aromatic rings. The molecule has 9 heteroatoms. The van der Waals surface area contributed by atoms with Gasteiger partial charge in [-0.15, -0.1) is 0 Å². The van der Waals surface area contributed by atoms with Crippen LogP contribution in [0.4, 0.5) is 19.0 Å². The van der Waals surface area contributed by atoms with Crippen molar-refractivity contribution in [3.8, 4) is 11.4 Å². The second-order valence-corrected chi connectivity index (χ2v) is 9.04. The number of pyridine rings is 1. The molecule has 6 nitrogen and oxygen atoms in total. The van der Waals surface area contributed by atoms with Gasteiger partial charge in [-0.05, 0) is 61.6 Å². The number of carbonyl (C=O) groups is 1. The minimum atomic E-state index is -4.38. The van der Waals surface area contributed by atoms with Crippen LogP contribution < -0.4 is 5.32 Å². The van der Waals surface area contributed by atoms with Crippen molar-refractivity contribution in [2.45, 2.75) is 44.3 Å². The molecule has 1 aromatic carbocycles. The van der Waals surface area contributed by atoms with Crippen molar-refractivity contribution in [3.63, 3.8) is 0 Å². The Morgan fingerprint density at radius 3 is 2.59 bits per heavy atom. The predicted octanol–water partition coefficient (Wildman–Crippen LogP) is 4.44. The summed E-state index contributed by atoms with van der Waals surface area (Å²) < 4.78 is 38.3. The average Bonchev–Trinajstić information content (AvgIpc) is 3.22. The van der Waals surface area contributed by atoms with E-state index in [2.05, 4.69) is 21.4 Å². The van der Waals surface area contributed by atoms with Crippen molar-refractivity contribution in [1.82, 2.24) is 19.9 Å².